The monoisotopic (exact) mass is 225 g/mol. The third-order valence-corrected chi connectivity index (χ3v) is 1.94. The summed E-state index contributed by atoms with van der Waals surface area (Å²) < 4.78 is 26.1. The molecular formula is C9H9F2N5. The summed E-state index contributed by atoms with van der Waals surface area (Å²) >= 11 is 0. The summed E-state index contributed by atoms with van der Waals surface area (Å²) in [7, 11) is 1.62. The quantitative estimate of drug-likeness (QED) is 0.849. The smallest absolute Gasteiger partial charge is 0.193 e. The van der Waals surface area contributed by atoms with Gasteiger partial charge < -0.3 is 5.32 Å². The van der Waals surface area contributed by atoms with Gasteiger partial charge in [-0.05, 0) is 17.3 Å². The van der Waals surface area contributed by atoms with Gasteiger partial charge in [0, 0.05) is 0 Å². The number of rotatable bonds is 3. The number of tetrazole rings is 1. The largest absolute Gasteiger partial charge is 0.375 e. The lowest BCUT2D eigenvalue weighted by molar-refractivity contribution is 0.511. The molecular weight excluding hydrogens is 216 g/mol. The highest BCUT2D eigenvalue weighted by Gasteiger charge is 2.08. The van der Waals surface area contributed by atoms with Gasteiger partial charge in [-0.2, -0.15) is 4.80 Å². The summed E-state index contributed by atoms with van der Waals surface area (Å²) in [5, 5.41) is 13.9. The lowest BCUT2D eigenvalue weighted by Gasteiger charge is -2.04. The summed E-state index contributed by atoms with van der Waals surface area (Å²) in [5.74, 6) is -1.39. The molecule has 84 valence electrons. The molecule has 0 unspecified atom stereocenters. The number of aromatic nitrogens is 4. The molecule has 0 saturated heterocycles. The molecule has 0 saturated carbocycles. The summed E-state index contributed by atoms with van der Waals surface area (Å²) in [6.07, 6.45) is 0. The second kappa shape index (κ2) is 4.21. The van der Waals surface area contributed by atoms with E-state index >= 15 is 0 Å². The average molecular weight is 225 g/mol. The van der Waals surface area contributed by atoms with E-state index in [9.17, 15) is 8.78 Å². The molecule has 0 bridgehead atoms. The van der Waals surface area contributed by atoms with Crippen molar-refractivity contribution in [3.05, 3.63) is 35.7 Å². The average Bonchev–Trinajstić information content (AvgIpc) is 2.67. The fourth-order valence-electron chi connectivity index (χ4n) is 1.21. The predicted octanol–water partition coefficient (Wildman–Crippen LogP) is 1.10. The zero-order valence-corrected chi connectivity index (χ0v) is 8.48. The van der Waals surface area contributed by atoms with Crippen molar-refractivity contribution >= 4 is 5.69 Å². The van der Waals surface area contributed by atoms with Gasteiger partial charge >= 0.3 is 0 Å². The van der Waals surface area contributed by atoms with Gasteiger partial charge in [-0.25, -0.2) is 8.78 Å². The second-order valence-corrected chi connectivity index (χ2v) is 3.15. The van der Waals surface area contributed by atoms with Crippen LogP contribution < -0.4 is 5.32 Å². The Hall–Kier alpha value is -2.05. The molecule has 1 aromatic heterocycles. The van der Waals surface area contributed by atoms with E-state index in [1.807, 2.05) is 0 Å². The molecule has 0 aliphatic carbocycles. The van der Waals surface area contributed by atoms with Gasteiger partial charge in [0.25, 0.3) is 0 Å². The first-order valence-corrected chi connectivity index (χ1v) is 4.57. The molecule has 0 aliphatic heterocycles. The molecule has 2 aromatic rings. The summed E-state index contributed by atoms with van der Waals surface area (Å²) in [6.45, 7) is 0.189. The van der Waals surface area contributed by atoms with Gasteiger partial charge in [0.1, 0.15) is 0 Å². The molecule has 2 rings (SSSR count). The lowest BCUT2D eigenvalue weighted by atomic mass is 10.3. The molecule has 16 heavy (non-hydrogen) atoms. The molecule has 0 spiro atoms. The zero-order valence-electron chi connectivity index (χ0n) is 8.48. The van der Waals surface area contributed by atoms with Gasteiger partial charge in [0.2, 0.25) is 0 Å². The number of hydrogen-bond donors (Lipinski definition) is 1. The van der Waals surface area contributed by atoms with Crippen LogP contribution in [0.5, 0.6) is 0 Å². The van der Waals surface area contributed by atoms with Crippen LogP contribution in [0, 0.1) is 11.6 Å². The summed E-state index contributed by atoms with van der Waals surface area (Å²) in [4.78, 5) is 1.29. The molecule has 0 fully saturated rings. The zero-order chi connectivity index (χ0) is 11.5. The summed E-state index contributed by atoms with van der Waals surface area (Å²) in [6, 6.07) is 3.92. The highest BCUT2D eigenvalue weighted by Crippen LogP contribution is 2.16. The highest BCUT2D eigenvalue weighted by molar-refractivity contribution is 5.44. The first-order chi connectivity index (χ1) is 7.66. The highest BCUT2D eigenvalue weighted by atomic mass is 19.2. The number of aryl methyl sites for hydroxylation is 1. The van der Waals surface area contributed by atoms with Crippen LogP contribution in [-0.4, -0.2) is 20.2 Å². The van der Waals surface area contributed by atoms with Crippen LogP contribution in [0.25, 0.3) is 0 Å². The molecule has 1 N–H and O–H groups in total. The number of halogens is 2. The first kappa shape index (κ1) is 10.5. The number of nitrogens with one attached hydrogen (secondary N) is 1. The van der Waals surface area contributed by atoms with E-state index in [0.29, 0.717) is 5.82 Å². The normalized spacial score (nSPS) is 10.4. The van der Waals surface area contributed by atoms with Crippen molar-refractivity contribution < 1.29 is 8.78 Å². The Morgan fingerprint density at radius 2 is 2.19 bits per heavy atom. The van der Waals surface area contributed by atoms with Crippen molar-refractivity contribution in [3.8, 4) is 0 Å². The van der Waals surface area contributed by atoms with Crippen molar-refractivity contribution in [2.24, 2.45) is 7.05 Å². The van der Waals surface area contributed by atoms with Gasteiger partial charge in [-0.1, -0.05) is 6.07 Å². The van der Waals surface area contributed by atoms with Crippen LogP contribution in [0.1, 0.15) is 5.82 Å². The minimum Gasteiger partial charge on any atom is -0.375 e. The van der Waals surface area contributed by atoms with Crippen molar-refractivity contribution in [1.82, 2.24) is 20.2 Å². The van der Waals surface area contributed by atoms with Crippen molar-refractivity contribution in [2.75, 3.05) is 5.32 Å². The van der Waals surface area contributed by atoms with Gasteiger partial charge in [0.15, 0.2) is 17.5 Å². The number of nitrogens with zero attached hydrogens (tertiary/aromatic N) is 4. The topological polar surface area (TPSA) is 55.6 Å². The standard InChI is InChI=1S/C9H9F2N5/c1-16-14-8(13-15-16)5-12-7-4-2-3-6(10)9(7)11/h2-4,12H,5H2,1H3. The maximum absolute atomic E-state index is 13.2. The van der Waals surface area contributed by atoms with Gasteiger partial charge in [-0.3, -0.25) is 0 Å². The minimum absolute atomic E-state index is 0.0763. The fourth-order valence-corrected chi connectivity index (χ4v) is 1.21. The van der Waals surface area contributed by atoms with E-state index in [-0.39, 0.29) is 12.2 Å². The maximum atomic E-state index is 13.2. The van der Waals surface area contributed by atoms with Crippen molar-refractivity contribution in [2.45, 2.75) is 6.54 Å². The van der Waals surface area contributed by atoms with Crippen LogP contribution in [0.3, 0.4) is 0 Å². The molecule has 0 atom stereocenters. The Kier molecular flexibility index (Phi) is 2.76. The minimum atomic E-state index is -0.911. The Bertz CT molecular complexity index is 496. The van der Waals surface area contributed by atoms with Gasteiger partial charge in [0.05, 0.1) is 19.3 Å². The SMILES string of the molecule is Cn1nnc(CNc2cccc(F)c2F)n1. The van der Waals surface area contributed by atoms with Gasteiger partial charge in [-0.15, -0.1) is 10.2 Å². The van der Waals surface area contributed by atoms with E-state index in [1.165, 1.54) is 16.9 Å². The van der Waals surface area contributed by atoms with Crippen LogP contribution in [-0.2, 0) is 13.6 Å². The van der Waals surface area contributed by atoms with Crippen LogP contribution >= 0.6 is 0 Å². The van der Waals surface area contributed by atoms with Crippen LogP contribution in [0.2, 0.25) is 0 Å². The molecule has 0 aliphatic rings. The van der Waals surface area contributed by atoms with E-state index in [0.717, 1.165) is 6.07 Å². The Morgan fingerprint density at radius 3 is 2.88 bits per heavy atom. The third kappa shape index (κ3) is 2.13. The molecule has 0 radical (unpaired) electrons. The summed E-state index contributed by atoms with van der Waals surface area (Å²) in [5.41, 5.74) is 0.0763. The van der Waals surface area contributed by atoms with Crippen molar-refractivity contribution in [3.63, 3.8) is 0 Å². The molecule has 0 amide bonds. The lowest BCUT2D eigenvalue weighted by Crippen LogP contribution is -2.04. The van der Waals surface area contributed by atoms with Crippen LogP contribution in [0.4, 0.5) is 14.5 Å². The first-order valence-electron chi connectivity index (χ1n) is 4.57. The number of hydrogen-bond acceptors (Lipinski definition) is 4. The third-order valence-electron chi connectivity index (χ3n) is 1.94. The molecule has 1 aromatic carbocycles. The number of anilines is 1. The second-order valence-electron chi connectivity index (χ2n) is 3.15. The maximum Gasteiger partial charge on any atom is 0.193 e. The Morgan fingerprint density at radius 1 is 1.38 bits per heavy atom. The Balaban J connectivity index is 2.07. The van der Waals surface area contributed by atoms with E-state index in [2.05, 4.69) is 20.7 Å². The molecule has 5 nitrogen and oxygen atoms in total. The fraction of sp³-hybridized carbons (Fsp3) is 0.222. The van der Waals surface area contributed by atoms with Crippen LogP contribution in [0.15, 0.2) is 18.2 Å². The van der Waals surface area contributed by atoms with E-state index in [1.54, 1.807) is 7.05 Å². The Labute approximate surface area is 90.1 Å². The predicted molar refractivity (Wildman–Crippen MR) is 52.5 cm³/mol. The number of benzene rings is 1. The van der Waals surface area contributed by atoms with E-state index in [4.69, 9.17) is 0 Å². The molecule has 1 heterocycles. The molecule has 7 heteroatoms. The van der Waals surface area contributed by atoms with E-state index < -0.39 is 11.6 Å². The van der Waals surface area contributed by atoms with Crippen molar-refractivity contribution in [1.29, 1.82) is 0 Å².